The highest BCUT2D eigenvalue weighted by Gasteiger charge is 2.57. The molecule has 3 atom stereocenters. The molecule has 0 aromatic carbocycles. The molecule has 0 fully saturated rings. The van der Waals surface area contributed by atoms with Gasteiger partial charge in [0, 0.05) is 6.54 Å². The largest absolute Gasteiger partial charge is 0.444 e. The number of hydrogen-bond donors (Lipinski definition) is 2. The lowest BCUT2D eigenvalue weighted by Crippen LogP contribution is -2.62. The van der Waals surface area contributed by atoms with Crippen molar-refractivity contribution in [1.82, 2.24) is 15.3 Å². The number of halogens is 2. The molecule has 0 aliphatic carbocycles. The van der Waals surface area contributed by atoms with Crippen LogP contribution >= 0.6 is 0 Å². The minimum Gasteiger partial charge on any atom is -0.444 e. The molecule has 2 aromatic rings. The number of alkyl carbamates (subject to hydrolysis) is 1. The zero-order valence-corrected chi connectivity index (χ0v) is 24.4. The van der Waals surface area contributed by atoms with Gasteiger partial charge in [-0.3, -0.25) is 15.1 Å². The summed E-state index contributed by atoms with van der Waals surface area (Å²) in [7, 11) is -3.13. The van der Waals surface area contributed by atoms with Crippen LogP contribution in [0.4, 0.5) is 19.4 Å². The van der Waals surface area contributed by atoms with Crippen LogP contribution in [0.3, 0.4) is 0 Å². The smallest absolute Gasteiger partial charge is 0.413 e. The molecule has 10 nitrogen and oxygen atoms in total. The number of amidine groups is 1. The van der Waals surface area contributed by atoms with Gasteiger partial charge in [-0.2, -0.15) is 0 Å². The van der Waals surface area contributed by atoms with Gasteiger partial charge in [0.15, 0.2) is 0 Å². The van der Waals surface area contributed by atoms with E-state index in [2.05, 4.69) is 25.0 Å². The fourth-order valence-electron chi connectivity index (χ4n) is 5.02. The third kappa shape index (κ3) is 5.30. The minimum absolute atomic E-state index is 0.00548. The molecule has 2 N–H and O–H groups in total. The highest BCUT2D eigenvalue weighted by molar-refractivity contribution is 7.96. The summed E-state index contributed by atoms with van der Waals surface area (Å²) in [6.45, 7) is 12.0. The normalized spacial score (nSPS) is 25.6. The molecule has 2 aromatic heterocycles. The second-order valence-corrected chi connectivity index (χ2v) is 14.6. The van der Waals surface area contributed by atoms with E-state index in [0.29, 0.717) is 24.9 Å². The number of pyridine rings is 2. The van der Waals surface area contributed by atoms with Crippen molar-refractivity contribution in [1.29, 1.82) is 0 Å². The Bertz CT molecular complexity index is 1530. The van der Waals surface area contributed by atoms with E-state index in [0.717, 1.165) is 12.3 Å². The number of hydrogen-bond acceptors (Lipinski definition) is 8. The fraction of sp³-hybridized carbons (Fsp3) is 0.519. The minimum atomic E-state index is -3.13. The van der Waals surface area contributed by atoms with Crippen molar-refractivity contribution in [2.45, 2.75) is 82.4 Å². The molecular formula is C27H34F2N6O4S. The summed E-state index contributed by atoms with van der Waals surface area (Å²) in [6.07, 6.45) is 1.18. The molecule has 0 saturated heterocycles. The van der Waals surface area contributed by atoms with Crippen LogP contribution in [0, 0.1) is 18.6 Å². The van der Waals surface area contributed by atoms with Crippen molar-refractivity contribution < 1.29 is 27.3 Å². The first kappa shape index (κ1) is 29.5. The maximum Gasteiger partial charge on any atom is 0.413 e. The monoisotopic (exact) mass is 576 g/mol. The lowest BCUT2D eigenvalue weighted by molar-refractivity contribution is 0.0560. The number of nitrogens with zero attached hydrogens (tertiary/aromatic N) is 4. The number of fused-ring (bicyclic) bond motifs is 1. The molecule has 0 spiro atoms. The third-order valence-electron chi connectivity index (χ3n) is 7.01. The van der Waals surface area contributed by atoms with Gasteiger partial charge in [0.1, 0.15) is 50.6 Å². The van der Waals surface area contributed by atoms with Gasteiger partial charge < -0.3 is 10.1 Å². The average Bonchev–Trinajstić information content (AvgIpc) is 2.83. The predicted molar refractivity (Wildman–Crippen MR) is 148 cm³/mol. The predicted octanol–water partition coefficient (Wildman–Crippen LogP) is 4.88. The highest BCUT2D eigenvalue weighted by atomic mass is 32.2. The van der Waals surface area contributed by atoms with Crippen molar-refractivity contribution in [3.05, 3.63) is 53.0 Å². The summed E-state index contributed by atoms with van der Waals surface area (Å²) in [6, 6.07) is 3.58. The molecule has 4 rings (SSSR count). The molecule has 40 heavy (non-hydrogen) atoms. The number of anilines is 1. The van der Waals surface area contributed by atoms with E-state index in [1.165, 1.54) is 19.1 Å². The topological polar surface area (TPSA) is 135 Å². The molecule has 216 valence electrons. The first-order chi connectivity index (χ1) is 18.5. The van der Waals surface area contributed by atoms with Gasteiger partial charge in [0.2, 0.25) is 0 Å². The Kier molecular flexibility index (Phi) is 7.50. The lowest BCUT2D eigenvalue weighted by Gasteiger charge is -2.48. The van der Waals surface area contributed by atoms with Gasteiger partial charge in [-0.15, -0.1) is 0 Å². The molecule has 0 bridgehead atoms. The van der Waals surface area contributed by atoms with E-state index in [1.807, 2.05) is 0 Å². The van der Waals surface area contributed by atoms with Crippen molar-refractivity contribution in [3.63, 3.8) is 0 Å². The van der Waals surface area contributed by atoms with Crippen LogP contribution in [0.2, 0.25) is 0 Å². The maximum atomic E-state index is 15.5. The van der Waals surface area contributed by atoms with Crippen molar-refractivity contribution in [2.24, 2.45) is 9.36 Å². The van der Waals surface area contributed by atoms with E-state index < -0.39 is 54.5 Å². The molecular weight excluding hydrogens is 542 g/mol. The van der Waals surface area contributed by atoms with Crippen LogP contribution in [0.25, 0.3) is 0 Å². The second kappa shape index (κ2) is 10.2. The van der Waals surface area contributed by atoms with Gasteiger partial charge in [0.25, 0.3) is 5.91 Å². The van der Waals surface area contributed by atoms with Crippen LogP contribution in [-0.2, 0) is 20.0 Å². The highest BCUT2D eigenvalue weighted by Crippen LogP contribution is 2.47. The van der Waals surface area contributed by atoms with Crippen LogP contribution in [0.5, 0.6) is 0 Å². The lowest BCUT2D eigenvalue weighted by atomic mass is 9.89. The van der Waals surface area contributed by atoms with Crippen molar-refractivity contribution in [3.8, 4) is 0 Å². The molecule has 0 saturated carbocycles. The first-order valence-corrected chi connectivity index (χ1v) is 14.5. The maximum absolute atomic E-state index is 15.5. The van der Waals surface area contributed by atoms with Gasteiger partial charge in [-0.25, -0.2) is 32.1 Å². The summed E-state index contributed by atoms with van der Waals surface area (Å²) < 4.78 is 52.4. The van der Waals surface area contributed by atoms with Gasteiger partial charge in [-0.05, 0) is 85.1 Å². The van der Waals surface area contributed by atoms with Crippen LogP contribution in [0.1, 0.15) is 76.1 Å². The number of aromatic nitrogens is 2. The molecule has 0 unspecified atom stereocenters. The molecule has 2 aliphatic rings. The van der Waals surface area contributed by atoms with E-state index in [9.17, 15) is 18.2 Å². The van der Waals surface area contributed by atoms with E-state index in [-0.39, 0.29) is 23.0 Å². The summed E-state index contributed by atoms with van der Waals surface area (Å²) in [4.78, 5) is 38.7. The third-order valence-corrected chi connectivity index (χ3v) is 10.7. The Labute approximate surface area is 232 Å². The number of carbonyl (C=O) groups excluding carboxylic acids is 2. The number of carbonyl (C=O) groups is 2. The zero-order valence-electron chi connectivity index (χ0n) is 23.6. The van der Waals surface area contributed by atoms with E-state index in [4.69, 9.17) is 9.73 Å². The van der Waals surface area contributed by atoms with Crippen LogP contribution in [-0.4, -0.2) is 54.2 Å². The number of nitrogens with one attached hydrogen (secondary N) is 2. The number of amides is 2. The average molecular weight is 577 g/mol. The van der Waals surface area contributed by atoms with Crippen LogP contribution in [0.15, 0.2) is 33.8 Å². The first-order valence-electron chi connectivity index (χ1n) is 12.9. The quantitative estimate of drug-likeness (QED) is 0.535. The number of ether oxygens (including phenoxy) is 1. The summed E-state index contributed by atoms with van der Waals surface area (Å²) in [5.41, 5.74) is -2.19. The SMILES string of the molecule is Cc1cc(F)cnc1C(=O)Nc1ccc(F)c([C@@]2(C)N=C(NC(=O)OC(C)(C)C)C(C)(C)[S@@]3(=O)=NCCC[C@H]23)n1. The number of aryl methyl sites for hydroxylation is 1. The second-order valence-electron chi connectivity index (χ2n) is 11.6. The van der Waals surface area contributed by atoms with Gasteiger partial charge in [-0.1, -0.05) is 0 Å². The molecule has 2 amide bonds. The molecule has 4 heterocycles. The Morgan fingerprint density at radius 3 is 2.50 bits per heavy atom. The fourth-order valence-corrected chi connectivity index (χ4v) is 8.28. The summed E-state index contributed by atoms with van der Waals surface area (Å²) >= 11 is 0. The van der Waals surface area contributed by atoms with E-state index in [1.54, 1.807) is 41.5 Å². The van der Waals surface area contributed by atoms with E-state index >= 15 is 4.39 Å². The Morgan fingerprint density at radius 2 is 1.85 bits per heavy atom. The Hall–Kier alpha value is -3.48. The number of aliphatic imine (C=N–C) groups is 1. The van der Waals surface area contributed by atoms with Crippen LogP contribution < -0.4 is 10.6 Å². The molecule has 13 heteroatoms. The number of rotatable bonds is 3. The van der Waals surface area contributed by atoms with Crippen molar-refractivity contribution >= 4 is 33.4 Å². The van der Waals surface area contributed by atoms with Gasteiger partial charge in [0.05, 0.1) is 21.2 Å². The van der Waals surface area contributed by atoms with Gasteiger partial charge >= 0.3 is 6.09 Å². The standard InChI is InChI=1S/C27H34F2N6O4S/c1-15-13-16(28)14-30-20(15)22(36)33-19-11-10-17(29)21(32-19)27(7)18-9-8-12-31-40(18,38)26(5,6)23(35-27)34-24(37)39-25(2,3)4/h10-11,13-14,18H,8-9,12H2,1-7H3,(H,32,33,36)(H,34,35,37)/t18-,27+,40-/m1/s1. The van der Waals surface area contributed by atoms with Crippen molar-refractivity contribution in [2.75, 3.05) is 11.9 Å². The summed E-state index contributed by atoms with van der Waals surface area (Å²) in [5.74, 6) is -1.94. The Balaban J connectivity index is 1.81. The Morgan fingerprint density at radius 1 is 1.15 bits per heavy atom. The summed E-state index contributed by atoms with van der Waals surface area (Å²) in [5, 5.41) is 4.48. The molecule has 0 radical (unpaired) electrons. The molecule has 2 aliphatic heterocycles. The zero-order chi connectivity index (χ0) is 29.7.